The highest BCUT2D eigenvalue weighted by molar-refractivity contribution is 5.80. The first kappa shape index (κ1) is 24.7. The van der Waals surface area contributed by atoms with E-state index in [-0.39, 0.29) is 24.0 Å². The SMILES string of the molecule is CC[n+]1c(C(=Cc2ccccc2)N(C)C)cccc1C(=Cc1ccccc1)N(C)C.[I-]. The van der Waals surface area contributed by atoms with Gasteiger partial charge < -0.3 is 33.8 Å². The number of hydrogen-bond donors (Lipinski definition) is 0. The molecule has 0 aliphatic heterocycles. The van der Waals surface area contributed by atoms with Crippen molar-refractivity contribution in [3.05, 3.63) is 101 Å². The maximum Gasteiger partial charge on any atom is 0.229 e. The summed E-state index contributed by atoms with van der Waals surface area (Å²) in [6.07, 6.45) is 4.50. The highest BCUT2D eigenvalue weighted by Gasteiger charge is 2.23. The molecule has 0 fully saturated rings. The van der Waals surface area contributed by atoms with E-state index in [2.05, 4.69) is 140 Å². The lowest BCUT2D eigenvalue weighted by atomic mass is 10.1. The average molecular weight is 525 g/mol. The zero-order chi connectivity index (χ0) is 21.5. The summed E-state index contributed by atoms with van der Waals surface area (Å²) in [5, 5.41) is 0. The van der Waals surface area contributed by atoms with E-state index in [1.165, 1.54) is 33.9 Å². The Morgan fingerprint density at radius 2 is 1.03 bits per heavy atom. The fraction of sp³-hybridized carbons (Fsp3) is 0.222. The van der Waals surface area contributed by atoms with Crippen LogP contribution in [-0.2, 0) is 6.54 Å². The molecule has 3 nitrogen and oxygen atoms in total. The molecule has 0 amide bonds. The second kappa shape index (κ2) is 11.7. The zero-order valence-corrected chi connectivity index (χ0v) is 21.2. The Morgan fingerprint density at radius 1 is 0.645 bits per heavy atom. The van der Waals surface area contributed by atoms with Crippen LogP contribution in [0.4, 0.5) is 0 Å². The van der Waals surface area contributed by atoms with Crippen molar-refractivity contribution in [2.45, 2.75) is 13.5 Å². The van der Waals surface area contributed by atoms with E-state index in [9.17, 15) is 0 Å². The molecule has 0 saturated carbocycles. The van der Waals surface area contributed by atoms with Crippen molar-refractivity contribution >= 4 is 23.5 Å². The van der Waals surface area contributed by atoms with Gasteiger partial charge in [0.15, 0.2) is 0 Å². The van der Waals surface area contributed by atoms with E-state index >= 15 is 0 Å². The minimum atomic E-state index is 0. The van der Waals surface area contributed by atoms with Crippen LogP contribution in [0.3, 0.4) is 0 Å². The van der Waals surface area contributed by atoms with Gasteiger partial charge in [0.1, 0.15) is 17.9 Å². The summed E-state index contributed by atoms with van der Waals surface area (Å²) in [5.74, 6) is 0. The summed E-state index contributed by atoms with van der Waals surface area (Å²) in [6, 6.07) is 27.6. The first-order valence-electron chi connectivity index (χ1n) is 10.4. The Hall–Kier alpha value is -2.60. The van der Waals surface area contributed by atoms with Crippen molar-refractivity contribution in [3.63, 3.8) is 0 Å². The Kier molecular flexibility index (Phi) is 9.31. The van der Waals surface area contributed by atoms with Crippen molar-refractivity contribution in [1.82, 2.24) is 9.80 Å². The second-order valence-electron chi connectivity index (χ2n) is 7.71. The molecule has 0 aliphatic carbocycles. The fourth-order valence-corrected chi connectivity index (χ4v) is 3.61. The van der Waals surface area contributed by atoms with Gasteiger partial charge >= 0.3 is 0 Å². The lowest BCUT2D eigenvalue weighted by Crippen LogP contribution is -3.00. The van der Waals surface area contributed by atoms with Gasteiger partial charge in [-0.1, -0.05) is 60.7 Å². The molecule has 31 heavy (non-hydrogen) atoms. The van der Waals surface area contributed by atoms with E-state index in [1.807, 2.05) is 0 Å². The van der Waals surface area contributed by atoms with Crippen LogP contribution in [0.15, 0.2) is 78.9 Å². The summed E-state index contributed by atoms with van der Waals surface area (Å²) < 4.78 is 2.39. The van der Waals surface area contributed by atoms with Crippen molar-refractivity contribution in [3.8, 4) is 0 Å². The minimum absolute atomic E-state index is 0. The number of rotatable bonds is 7. The van der Waals surface area contributed by atoms with Crippen LogP contribution < -0.4 is 28.5 Å². The van der Waals surface area contributed by atoms with Crippen molar-refractivity contribution < 1.29 is 28.5 Å². The van der Waals surface area contributed by atoms with Crippen LogP contribution >= 0.6 is 0 Å². The molecule has 162 valence electrons. The van der Waals surface area contributed by atoms with Crippen LogP contribution in [0.25, 0.3) is 23.5 Å². The molecule has 3 aromatic rings. The van der Waals surface area contributed by atoms with Crippen LogP contribution in [0.5, 0.6) is 0 Å². The molecule has 1 aromatic heterocycles. The van der Waals surface area contributed by atoms with E-state index < -0.39 is 0 Å². The molecule has 0 radical (unpaired) electrons. The summed E-state index contributed by atoms with van der Waals surface area (Å²) in [5.41, 5.74) is 7.16. The van der Waals surface area contributed by atoms with Gasteiger partial charge in [-0.15, -0.1) is 0 Å². The van der Waals surface area contributed by atoms with E-state index in [0.29, 0.717) is 0 Å². The topological polar surface area (TPSA) is 10.4 Å². The smallest absolute Gasteiger partial charge is 0.229 e. The predicted molar refractivity (Wildman–Crippen MR) is 128 cm³/mol. The molecule has 0 spiro atoms. The van der Waals surface area contributed by atoms with Gasteiger partial charge in [0.25, 0.3) is 0 Å². The number of hydrogen-bond acceptors (Lipinski definition) is 2. The molecule has 0 saturated heterocycles. The molecule has 4 heteroatoms. The summed E-state index contributed by atoms with van der Waals surface area (Å²) in [6.45, 7) is 3.09. The lowest BCUT2D eigenvalue weighted by molar-refractivity contribution is -0.698. The fourth-order valence-electron chi connectivity index (χ4n) is 3.61. The summed E-state index contributed by atoms with van der Waals surface area (Å²) >= 11 is 0. The quantitative estimate of drug-likeness (QED) is 0.346. The van der Waals surface area contributed by atoms with Gasteiger partial charge in [0.05, 0.1) is 0 Å². The number of benzene rings is 2. The van der Waals surface area contributed by atoms with Crippen molar-refractivity contribution in [1.29, 1.82) is 0 Å². The highest BCUT2D eigenvalue weighted by atomic mass is 127. The number of pyridine rings is 1. The third-order valence-electron chi connectivity index (χ3n) is 5.10. The standard InChI is InChI=1S/C27H32N3.HI/c1-6-30-24(26(28(2)3)20-22-14-9-7-10-15-22)18-13-19-25(30)27(29(4)5)21-23-16-11-8-12-17-23;/h7-21H,6H2,1-5H3;1H/q+1;/p-1. The van der Waals surface area contributed by atoms with Crippen LogP contribution in [-0.4, -0.2) is 38.0 Å². The zero-order valence-electron chi connectivity index (χ0n) is 19.1. The normalized spacial score (nSPS) is 11.6. The Labute approximate surface area is 204 Å². The predicted octanol–water partition coefficient (Wildman–Crippen LogP) is 2.12. The first-order valence-corrected chi connectivity index (χ1v) is 10.4. The molecular weight excluding hydrogens is 493 g/mol. The van der Waals surface area contributed by atoms with Gasteiger partial charge in [0.2, 0.25) is 11.4 Å². The lowest BCUT2D eigenvalue weighted by Gasteiger charge is -2.20. The van der Waals surface area contributed by atoms with E-state index in [1.54, 1.807) is 0 Å². The van der Waals surface area contributed by atoms with Crippen LogP contribution in [0, 0.1) is 0 Å². The Bertz CT molecular complexity index is 943. The molecule has 0 unspecified atom stereocenters. The van der Waals surface area contributed by atoms with Crippen molar-refractivity contribution in [2.24, 2.45) is 0 Å². The molecule has 2 aromatic carbocycles. The first-order chi connectivity index (χ1) is 14.5. The largest absolute Gasteiger partial charge is 1.00 e. The maximum atomic E-state index is 2.39. The third-order valence-corrected chi connectivity index (χ3v) is 5.10. The average Bonchev–Trinajstić information content (AvgIpc) is 2.76. The van der Waals surface area contributed by atoms with E-state index in [0.717, 1.165) is 6.54 Å². The third kappa shape index (κ3) is 6.20. The number of nitrogens with zero attached hydrogens (tertiary/aromatic N) is 3. The molecular formula is C27H32IN3. The number of halogens is 1. The second-order valence-corrected chi connectivity index (χ2v) is 7.71. The monoisotopic (exact) mass is 525 g/mol. The van der Waals surface area contributed by atoms with Gasteiger partial charge in [-0.05, 0) is 36.3 Å². The van der Waals surface area contributed by atoms with Gasteiger partial charge in [-0.25, -0.2) is 0 Å². The number of aromatic nitrogens is 1. The molecule has 0 aliphatic rings. The Morgan fingerprint density at radius 3 is 1.35 bits per heavy atom. The van der Waals surface area contributed by atoms with Crippen LogP contribution in [0.1, 0.15) is 29.4 Å². The molecule has 1 heterocycles. The molecule has 3 rings (SSSR count). The van der Waals surface area contributed by atoms with E-state index in [4.69, 9.17) is 0 Å². The molecule has 0 N–H and O–H groups in total. The molecule has 0 atom stereocenters. The minimum Gasteiger partial charge on any atom is -1.00 e. The summed E-state index contributed by atoms with van der Waals surface area (Å²) in [4.78, 5) is 4.38. The van der Waals surface area contributed by atoms with Gasteiger partial charge in [0, 0.05) is 40.3 Å². The van der Waals surface area contributed by atoms with Crippen molar-refractivity contribution in [2.75, 3.05) is 28.2 Å². The summed E-state index contributed by atoms with van der Waals surface area (Å²) in [7, 11) is 8.42. The van der Waals surface area contributed by atoms with Crippen LogP contribution in [0.2, 0.25) is 0 Å². The maximum absolute atomic E-state index is 2.39. The molecule has 0 bridgehead atoms. The van der Waals surface area contributed by atoms with Gasteiger partial charge in [-0.2, -0.15) is 4.57 Å². The van der Waals surface area contributed by atoms with Gasteiger partial charge in [-0.3, -0.25) is 0 Å². The highest BCUT2D eigenvalue weighted by Crippen LogP contribution is 2.22. The Balaban J connectivity index is 0.00000341.